The third-order valence-electron chi connectivity index (χ3n) is 3.04. The maximum Gasteiger partial charge on any atom is 0.283 e. The molecule has 0 fully saturated rings. The molecule has 0 aliphatic heterocycles. The molecule has 1 N–H and O–H groups in total. The second-order valence-electron chi connectivity index (χ2n) is 4.52. The van der Waals surface area contributed by atoms with Crippen molar-refractivity contribution in [3.63, 3.8) is 0 Å². The topological polar surface area (TPSA) is 81.8 Å². The summed E-state index contributed by atoms with van der Waals surface area (Å²) >= 11 is 0. The van der Waals surface area contributed by atoms with Crippen LogP contribution in [0.2, 0.25) is 0 Å². The molecule has 0 saturated carbocycles. The summed E-state index contributed by atoms with van der Waals surface area (Å²) in [6.45, 7) is 1.72. The van der Waals surface area contributed by atoms with Crippen LogP contribution in [-0.2, 0) is 4.79 Å². The number of nitrogens with zero attached hydrogens (tertiary/aromatic N) is 4. The molecular weight excluding hydrogens is 282 g/mol. The summed E-state index contributed by atoms with van der Waals surface area (Å²) in [5, 5.41) is 4.52. The van der Waals surface area contributed by atoms with Crippen LogP contribution in [-0.4, -0.2) is 25.3 Å². The highest BCUT2D eigenvalue weighted by Gasteiger charge is 2.11. The normalized spacial score (nSPS) is 11.1. The molecule has 0 bridgehead atoms. The fourth-order valence-electron chi connectivity index (χ4n) is 2.06. The molecule has 2 aromatic heterocycles. The van der Waals surface area contributed by atoms with Gasteiger partial charge in [0, 0.05) is 6.08 Å². The van der Waals surface area contributed by atoms with Crippen molar-refractivity contribution < 1.29 is 4.79 Å². The Kier molecular flexibility index (Phi) is 3.53. The van der Waals surface area contributed by atoms with Gasteiger partial charge in [-0.2, -0.15) is 5.10 Å². The minimum Gasteiger partial charge on any atom is -0.268 e. The lowest BCUT2D eigenvalue weighted by atomic mass is 10.3. The second kappa shape index (κ2) is 5.65. The molecule has 0 atom stereocenters. The molecule has 0 aliphatic carbocycles. The zero-order valence-electron chi connectivity index (χ0n) is 11.8. The van der Waals surface area contributed by atoms with Crippen LogP contribution >= 0.6 is 0 Å². The van der Waals surface area contributed by atoms with Crippen molar-refractivity contribution in [2.24, 2.45) is 0 Å². The van der Waals surface area contributed by atoms with Gasteiger partial charge in [0.15, 0.2) is 5.65 Å². The van der Waals surface area contributed by atoms with E-state index >= 15 is 0 Å². The number of carbonyl (C=O) groups is 1. The molecule has 22 heavy (non-hydrogen) atoms. The number of fused-ring (bicyclic) bond motifs is 1. The summed E-state index contributed by atoms with van der Waals surface area (Å²) in [5.74, 6) is -0.402. The number of hydrogen-bond acceptors (Lipinski definition) is 4. The van der Waals surface area contributed by atoms with Gasteiger partial charge in [0.05, 0.1) is 11.9 Å². The van der Waals surface area contributed by atoms with Crippen molar-refractivity contribution in [1.82, 2.24) is 19.4 Å². The van der Waals surface area contributed by atoms with E-state index in [2.05, 4.69) is 15.5 Å². The summed E-state index contributed by atoms with van der Waals surface area (Å²) in [4.78, 5) is 28.1. The molecule has 3 aromatic rings. The van der Waals surface area contributed by atoms with Gasteiger partial charge in [0.1, 0.15) is 11.7 Å². The standard InChI is InChI=1S/C15H13N5O2/c1-2-6-13(21)18-19-10-16-14-12(15(19)22)9-17-20(14)11-7-4-3-5-8-11/h2-10H,1H3,(H,18,21). The third-order valence-corrected chi connectivity index (χ3v) is 3.04. The Labute approximate surface area is 125 Å². The first-order valence-corrected chi connectivity index (χ1v) is 6.65. The van der Waals surface area contributed by atoms with Gasteiger partial charge in [0.25, 0.3) is 11.5 Å². The number of hydrogen-bond donors (Lipinski definition) is 1. The van der Waals surface area contributed by atoms with Crippen molar-refractivity contribution in [3.8, 4) is 5.69 Å². The lowest BCUT2D eigenvalue weighted by Gasteiger charge is -2.06. The van der Waals surface area contributed by atoms with E-state index in [-0.39, 0.29) is 5.56 Å². The second-order valence-corrected chi connectivity index (χ2v) is 4.52. The van der Waals surface area contributed by atoms with E-state index in [1.165, 1.54) is 18.6 Å². The van der Waals surface area contributed by atoms with Gasteiger partial charge in [-0.1, -0.05) is 24.3 Å². The van der Waals surface area contributed by atoms with Crippen LogP contribution in [0, 0.1) is 0 Å². The Hall–Kier alpha value is -3.22. The Morgan fingerprint density at radius 3 is 2.77 bits per heavy atom. The molecule has 0 unspecified atom stereocenters. The monoisotopic (exact) mass is 295 g/mol. The van der Waals surface area contributed by atoms with E-state index in [1.54, 1.807) is 17.7 Å². The number of nitrogens with one attached hydrogen (secondary N) is 1. The van der Waals surface area contributed by atoms with E-state index in [0.717, 1.165) is 10.4 Å². The van der Waals surface area contributed by atoms with Gasteiger partial charge in [-0.25, -0.2) is 14.3 Å². The number of aromatic nitrogens is 4. The quantitative estimate of drug-likeness (QED) is 0.737. The summed E-state index contributed by atoms with van der Waals surface area (Å²) in [6, 6.07) is 9.38. The molecule has 3 rings (SSSR count). The Balaban J connectivity index is 2.07. The highest BCUT2D eigenvalue weighted by Crippen LogP contribution is 2.12. The first kappa shape index (κ1) is 13.7. The zero-order chi connectivity index (χ0) is 15.5. The molecule has 0 spiro atoms. The molecule has 0 radical (unpaired) electrons. The van der Waals surface area contributed by atoms with Crippen LogP contribution < -0.4 is 11.0 Å². The molecular formula is C15H13N5O2. The van der Waals surface area contributed by atoms with Gasteiger partial charge in [-0.3, -0.25) is 15.0 Å². The van der Waals surface area contributed by atoms with Crippen LogP contribution in [0.15, 0.2) is 59.8 Å². The summed E-state index contributed by atoms with van der Waals surface area (Å²) in [7, 11) is 0. The summed E-state index contributed by atoms with van der Waals surface area (Å²) in [5.41, 5.74) is 3.29. The predicted molar refractivity (Wildman–Crippen MR) is 82.3 cm³/mol. The lowest BCUT2D eigenvalue weighted by molar-refractivity contribution is -0.112. The number of benzene rings is 1. The number of rotatable bonds is 3. The fourth-order valence-corrected chi connectivity index (χ4v) is 2.06. The van der Waals surface area contributed by atoms with Gasteiger partial charge in [-0.05, 0) is 19.1 Å². The van der Waals surface area contributed by atoms with E-state index in [1.807, 2.05) is 30.3 Å². The Bertz CT molecular complexity index is 909. The zero-order valence-corrected chi connectivity index (χ0v) is 11.8. The highest BCUT2D eigenvalue weighted by molar-refractivity contribution is 5.94. The molecule has 1 amide bonds. The van der Waals surface area contributed by atoms with E-state index in [9.17, 15) is 9.59 Å². The molecule has 110 valence electrons. The maximum absolute atomic E-state index is 12.3. The van der Waals surface area contributed by atoms with Crippen LogP contribution in [0.5, 0.6) is 0 Å². The van der Waals surface area contributed by atoms with Crippen molar-refractivity contribution in [2.75, 3.05) is 5.43 Å². The Morgan fingerprint density at radius 1 is 1.27 bits per heavy atom. The minimum atomic E-state index is -0.402. The minimum absolute atomic E-state index is 0.326. The average molecular weight is 295 g/mol. The molecule has 7 nitrogen and oxygen atoms in total. The van der Waals surface area contributed by atoms with Crippen LogP contribution in [0.4, 0.5) is 0 Å². The number of allylic oxidation sites excluding steroid dienone is 1. The summed E-state index contributed by atoms with van der Waals surface area (Å²) in [6.07, 6.45) is 5.62. The first-order valence-electron chi connectivity index (χ1n) is 6.65. The van der Waals surface area contributed by atoms with Crippen molar-refractivity contribution in [3.05, 3.63) is 65.4 Å². The van der Waals surface area contributed by atoms with Gasteiger partial charge < -0.3 is 0 Å². The van der Waals surface area contributed by atoms with Crippen LogP contribution in [0.25, 0.3) is 16.7 Å². The van der Waals surface area contributed by atoms with Gasteiger partial charge >= 0.3 is 0 Å². The molecule has 1 aromatic carbocycles. The van der Waals surface area contributed by atoms with Gasteiger partial charge in [0.2, 0.25) is 0 Å². The fraction of sp³-hybridized carbons (Fsp3) is 0.0667. The SMILES string of the molecule is CC=CC(=O)Nn1cnc2c(cnn2-c2ccccc2)c1=O. The van der Waals surface area contributed by atoms with Crippen molar-refractivity contribution >= 4 is 16.9 Å². The maximum atomic E-state index is 12.3. The van der Waals surface area contributed by atoms with Gasteiger partial charge in [-0.15, -0.1) is 0 Å². The molecule has 0 saturated heterocycles. The Morgan fingerprint density at radius 2 is 2.05 bits per heavy atom. The molecule has 0 aliphatic rings. The predicted octanol–water partition coefficient (Wildman–Crippen LogP) is 1.23. The van der Waals surface area contributed by atoms with Crippen molar-refractivity contribution in [1.29, 1.82) is 0 Å². The molecule has 2 heterocycles. The third kappa shape index (κ3) is 2.39. The van der Waals surface area contributed by atoms with E-state index in [0.29, 0.717) is 11.0 Å². The van der Waals surface area contributed by atoms with Crippen LogP contribution in [0.1, 0.15) is 6.92 Å². The number of carbonyl (C=O) groups excluding carboxylic acids is 1. The van der Waals surface area contributed by atoms with E-state index in [4.69, 9.17) is 0 Å². The molecule has 7 heteroatoms. The number of amides is 1. The smallest absolute Gasteiger partial charge is 0.268 e. The van der Waals surface area contributed by atoms with Crippen molar-refractivity contribution in [2.45, 2.75) is 6.92 Å². The van der Waals surface area contributed by atoms with E-state index < -0.39 is 5.91 Å². The lowest BCUT2D eigenvalue weighted by Crippen LogP contribution is -2.32. The summed E-state index contributed by atoms with van der Waals surface area (Å²) < 4.78 is 2.62. The average Bonchev–Trinajstić information content (AvgIpc) is 2.96. The highest BCUT2D eigenvalue weighted by atomic mass is 16.2. The number of para-hydroxylation sites is 1. The first-order chi connectivity index (χ1) is 10.7. The largest absolute Gasteiger partial charge is 0.283 e. The van der Waals surface area contributed by atoms with Crippen LogP contribution in [0.3, 0.4) is 0 Å².